The molecule has 0 bridgehead atoms. The van der Waals surface area contributed by atoms with Gasteiger partial charge in [0.25, 0.3) is 5.91 Å². The number of nitrogens with one attached hydrogen (secondary N) is 2. The normalized spacial score (nSPS) is 11.2. The standard InChI is InChI=1S/C18H17N5O/c1-11-7-12(2)13-9-15(20-14(13)8-11)18(24)19-10-17-22-21-16-5-3-4-6-23(16)17/h3-9,20H,10H2,1-2H3,(H,19,24). The van der Waals surface area contributed by atoms with E-state index in [-0.39, 0.29) is 5.91 Å². The lowest BCUT2D eigenvalue weighted by Crippen LogP contribution is -2.24. The Hall–Kier alpha value is -3.15. The van der Waals surface area contributed by atoms with Crippen molar-refractivity contribution in [1.82, 2.24) is 24.9 Å². The van der Waals surface area contributed by atoms with Gasteiger partial charge in [0, 0.05) is 17.1 Å². The third-order valence-electron chi connectivity index (χ3n) is 4.13. The van der Waals surface area contributed by atoms with Gasteiger partial charge in [0.2, 0.25) is 0 Å². The molecule has 0 unspecified atom stereocenters. The van der Waals surface area contributed by atoms with Gasteiger partial charge in [-0.25, -0.2) is 0 Å². The quantitative estimate of drug-likeness (QED) is 0.610. The van der Waals surface area contributed by atoms with Crippen LogP contribution in [0.3, 0.4) is 0 Å². The van der Waals surface area contributed by atoms with E-state index in [1.54, 1.807) is 0 Å². The van der Waals surface area contributed by atoms with Gasteiger partial charge in [0.15, 0.2) is 11.5 Å². The molecular weight excluding hydrogens is 302 g/mol. The molecule has 2 N–H and O–H groups in total. The number of aromatic nitrogens is 4. The second-order valence-corrected chi connectivity index (χ2v) is 5.95. The fourth-order valence-corrected chi connectivity index (χ4v) is 2.99. The highest BCUT2D eigenvalue weighted by Crippen LogP contribution is 2.21. The monoisotopic (exact) mass is 319 g/mol. The molecule has 0 aliphatic heterocycles. The number of aryl methyl sites for hydroxylation is 2. The van der Waals surface area contributed by atoms with Crippen molar-refractivity contribution in [2.75, 3.05) is 0 Å². The molecule has 3 aromatic heterocycles. The van der Waals surface area contributed by atoms with Crippen LogP contribution in [-0.2, 0) is 6.54 Å². The second kappa shape index (κ2) is 5.49. The van der Waals surface area contributed by atoms with Crippen LogP contribution in [-0.4, -0.2) is 25.5 Å². The Balaban J connectivity index is 1.57. The maximum Gasteiger partial charge on any atom is 0.268 e. The first-order valence-electron chi connectivity index (χ1n) is 7.78. The Bertz CT molecular complexity index is 1060. The lowest BCUT2D eigenvalue weighted by molar-refractivity contribution is 0.0945. The minimum absolute atomic E-state index is 0.157. The average molecular weight is 319 g/mol. The Kier molecular flexibility index (Phi) is 3.30. The molecule has 4 aromatic rings. The van der Waals surface area contributed by atoms with E-state index in [0.717, 1.165) is 22.1 Å². The molecule has 4 rings (SSSR count). The number of amides is 1. The highest BCUT2D eigenvalue weighted by atomic mass is 16.1. The highest BCUT2D eigenvalue weighted by Gasteiger charge is 2.12. The Morgan fingerprint density at radius 3 is 2.96 bits per heavy atom. The zero-order valence-corrected chi connectivity index (χ0v) is 13.5. The third-order valence-corrected chi connectivity index (χ3v) is 4.13. The summed E-state index contributed by atoms with van der Waals surface area (Å²) < 4.78 is 1.86. The van der Waals surface area contributed by atoms with Crippen molar-refractivity contribution in [2.24, 2.45) is 0 Å². The van der Waals surface area contributed by atoms with Crippen LogP contribution >= 0.6 is 0 Å². The molecule has 0 spiro atoms. The van der Waals surface area contributed by atoms with Crippen LogP contribution in [0.1, 0.15) is 27.4 Å². The van der Waals surface area contributed by atoms with Gasteiger partial charge in [-0.2, -0.15) is 0 Å². The van der Waals surface area contributed by atoms with E-state index < -0.39 is 0 Å². The largest absolute Gasteiger partial charge is 0.351 e. The second-order valence-electron chi connectivity index (χ2n) is 5.95. The fraction of sp³-hybridized carbons (Fsp3) is 0.167. The topological polar surface area (TPSA) is 75.1 Å². The maximum absolute atomic E-state index is 12.4. The van der Waals surface area contributed by atoms with Gasteiger partial charge in [-0.15, -0.1) is 10.2 Å². The first-order chi connectivity index (χ1) is 11.6. The molecule has 0 radical (unpaired) electrons. The molecular formula is C18H17N5O. The molecule has 0 saturated carbocycles. The Morgan fingerprint density at radius 2 is 2.08 bits per heavy atom. The van der Waals surface area contributed by atoms with Crippen molar-refractivity contribution in [3.8, 4) is 0 Å². The molecule has 1 amide bonds. The van der Waals surface area contributed by atoms with Gasteiger partial charge in [-0.1, -0.05) is 12.1 Å². The molecule has 120 valence electrons. The van der Waals surface area contributed by atoms with E-state index in [4.69, 9.17) is 0 Å². The number of H-pyrrole nitrogens is 1. The molecule has 0 aliphatic carbocycles. The zero-order valence-electron chi connectivity index (χ0n) is 13.5. The molecule has 24 heavy (non-hydrogen) atoms. The number of carbonyl (C=O) groups excluding carboxylic acids is 1. The van der Waals surface area contributed by atoms with E-state index in [9.17, 15) is 4.79 Å². The maximum atomic E-state index is 12.4. The number of rotatable bonds is 3. The summed E-state index contributed by atoms with van der Waals surface area (Å²) in [4.78, 5) is 15.6. The van der Waals surface area contributed by atoms with Gasteiger partial charge in [0.05, 0.1) is 6.54 Å². The Labute approximate surface area is 138 Å². The Morgan fingerprint density at radius 1 is 1.21 bits per heavy atom. The molecule has 6 nitrogen and oxygen atoms in total. The van der Waals surface area contributed by atoms with Crippen molar-refractivity contribution in [1.29, 1.82) is 0 Å². The minimum Gasteiger partial charge on any atom is -0.351 e. The highest BCUT2D eigenvalue weighted by molar-refractivity contribution is 5.98. The predicted octanol–water partition coefficient (Wildman–Crippen LogP) is 2.76. The summed E-state index contributed by atoms with van der Waals surface area (Å²) in [6.45, 7) is 4.41. The lowest BCUT2D eigenvalue weighted by Gasteiger charge is -2.02. The summed E-state index contributed by atoms with van der Waals surface area (Å²) in [7, 11) is 0. The molecule has 0 atom stereocenters. The number of aromatic amines is 1. The molecule has 1 aromatic carbocycles. The predicted molar refractivity (Wildman–Crippen MR) is 91.9 cm³/mol. The van der Waals surface area contributed by atoms with Crippen LogP contribution in [0.4, 0.5) is 0 Å². The number of nitrogens with zero attached hydrogens (tertiary/aromatic N) is 3. The molecule has 0 saturated heterocycles. The minimum atomic E-state index is -0.157. The van der Waals surface area contributed by atoms with Crippen LogP contribution in [0.5, 0.6) is 0 Å². The number of pyridine rings is 1. The third kappa shape index (κ3) is 2.42. The number of hydrogen-bond acceptors (Lipinski definition) is 3. The van der Waals surface area contributed by atoms with Crippen LogP contribution in [0.15, 0.2) is 42.6 Å². The van der Waals surface area contributed by atoms with Gasteiger partial charge in [-0.05, 0) is 49.2 Å². The first kappa shape index (κ1) is 14.4. The van der Waals surface area contributed by atoms with Crippen molar-refractivity contribution in [3.63, 3.8) is 0 Å². The summed E-state index contributed by atoms with van der Waals surface area (Å²) in [6, 6.07) is 11.7. The van der Waals surface area contributed by atoms with Crippen molar-refractivity contribution in [2.45, 2.75) is 20.4 Å². The zero-order chi connectivity index (χ0) is 16.7. The van der Waals surface area contributed by atoms with Gasteiger partial charge < -0.3 is 10.3 Å². The number of hydrogen-bond donors (Lipinski definition) is 2. The summed E-state index contributed by atoms with van der Waals surface area (Å²) in [5.41, 5.74) is 4.61. The van der Waals surface area contributed by atoms with Crippen molar-refractivity contribution >= 4 is 22.5 Å². The van der Waals surface area contributed by atoms with Crippen LogP contribution in [0.25, 0.3) is 16.6 Å². The molecule has 3 heterocycles. The van der Waals surface area contributed by atoms with Gasteiger partial charge in [-0.3, -0.25) is 9.20 Å². The number of fused-ring (bicyclic) bond motifs is 2. The SMILES string of the molecule is Cc1cc(C)c2cc(C(=O)NCc3nnc4ccccn34)[nH]c2c1. The van der Waals surface area contributed by atoms with Crippen LogP contribution in [0.2, 0.25) is 0 Å². The number of carbonyl (C=O) groups is 1. The van der Waals surface area contributed by atoms with Crippen molar-refractivity contribution < 1.29 is 4.79 Å². The lowest BCUT2D eigenvalue weighted by atomic mass is 10.1. The van der Waals surface area contributed by atoms with Crippen molar-refractivity contribution in [3.05, 3.63) is 65.2 Å². The van der Waals surface area contributed by atoms with E-state index in [0.29, 0.717) is 18.1 Å². The van der Waals surface area contributed by atoms with Gasteiger partial charge >= 0.3 is 0 Å². The summed E-state index contributed by atoms with van der Waals surface area (Å²) in [6.07, 6.45) is 1.88. The summed E-state index contributed by atoms with van der Waals surface area (Å²) >= 11 is 0. The molecule has 0 fully saturated rings. The van der Waals surface area contributed by atoms with Crippen LogP contribution < -0.4 is 5.32 Å². The average Bonchev–Trinajstić information content (AvgIpc) is 3.17. The van der Waals surface area contributed by atoms with E-state index >= 15 is 0 Å². The van der Waals surface area contributed by atoms with E-state index in [1.165, 1.54) is 5.56 Å². The first-order valence-corrected chi connectivity index (χ1v) is 7.78. The smallest absolute Gasteiger partial charge is 0.268 e. The van der Waals surface area contributed by atoms with Gasteiger partial charge in [0.1, 0.15) is 5.69 Å². The summed E-state index contributed by atoms with van der Waals surface area (Å²) in [5, 5.41) is 12.2. The van der Waals surface area contributed by atoms with E-state index in [1.807, 2.05) is 54.8 Å². The van der Waals surface area contributed by atoms with E-state index in [2.05, 4.69) is 26.6 Å². The van der Waals surface area contributed by atoms with Crippen LogP contribution in [0, 0.1) is 13.8 Å². The fourth-order valence-electron chi connectivity index (χ4n) is 2.99. The number of benzene rings is 1. The molecule has 0 aliphatic rings. The summed E-state index contributed by atoms with van der Waals surface area (Å²) in [5.74, 6) is 0.540. The molecule has 6 heteroatoms.